The number of likely N-dealkylation sites (tertiary alicyclic amines) is 1. The highest BCUT2D eigenvalue weighted by atomic mass is 35.5. The monoisotopic (exact) mass is 247 g/mol. The van der Waals surface area contributed by atoms with Crippen molar-refractivity contribution in [2.75, 3.05) is 18.8 Å². The summed E-state index contributed by atoms with van der Waals surface area (Å²) in [5.41, 5.74) is 0. The molecule has 0 N–H and O–H groups in total. The van der Waals surface area contributed by atoms with Crippen molar-refractivity contribution in [2.24, 2.45) is 0 Å². The second-order valence-electron chi connectivity index (χ2n) is 4.38. The van der Waals surface area contributed by atoms with Crippen LogP contribution in [0.1, 0.15) is 32.1 Å². The van der Waals surface area contributed by atoms with E-state index in [1.54, 1.807) is 0 Å². The van der Waals surface area contributed by atoms with E-state index in [4.69, 9.17) is 11.6 Å². The molecule has 0 aromatic heterocycles. The van der Waals surface area contributed by atoms with Crippen molar-refractivity contribution in [3.63, 3.8) is 0 Å². The first kappa shape index (κ1) is 11.6. The molecule has 2 fully saturated rings. The first-order valence-corrected chi connectivity index (χ1v) is 7.30. The summed E-state index contributed by atoms with van der Waals surface area (Å²) in [5, 5.41) is 0.400. The van der Waals surface area contributed by atoms with Crippen LogP contribution in [0.4, 0.5) is 0 Å². The fraction of sp³-hybridized carbons (Fsp3) is 0.909. The van der Waals surface area contributed by atoms with Gasteiger partial charge >= 0.3 is 0 Å². The Balaban J connectivity index is 1.88. The Labute approximate surface area is 101 Å². The number of hydrogen-bond acceptors (Lipinski definition) is 2. The summed E-state index contributed by atoms with van der Waals surface area (Å²) in [4.78, 5) is 14.1. The van der Waals surface area contributed by atoms with Crippen molar-refractivity contribution in [1.29, 1.82) is 0 Å². The number of thioether (sulfide) groups is 1. The minimum absolute atomic E-state index is 0.177. The van der Waals surface area contributed by atoms with Crippen LogP contribution in [-0.4, -0.2) is 40.3 Å². The lowest BCUT2D eigenvalue weighted by atomic mass is 10.1. The molecule has 0 aromatic carbocycles. The maximum absolute atomic E-state index is 12.1. The molecule has 0 aromatic rings. The first-order chi connectivity index (χ1) is 7.27. The van der Waals surface area contributed by atoms with Crippen LogP contribution < -0.4 is 0 Å². The lowest BCUT2D eigenvalue weighted by molar-refractivity contribution is -0.131. The van der Waals surface area contributed by atoms with Crippen molar-refractivity contribution in [2.45, 2.75) is 42.7 Å². The van der Waals surface area contributed by atoms with Gasteiger partial charge in [0, 0.05) is 13.1 Å². The summed E-state index contributed by atoms with van der Waals surface area (Å²) >= 11 is 7.93. The van der Waals surface area contributed by atoms with E-state index in [1.165, 1.54) is 12.8 Å². The third-order valence-corrected chi connectivity index (χ3v) is 4.85. The summed E-state index contributed by atoms with van der Waals surface area (Å²) in [6.45, 7) is 1.68. The van der Waals surface area contributed by atoms with Gasteiger partial charge in [0.15, 0.2) is 0 Å². The van der Waals surface area contributed by atoms with Crippen LogP contribution in [0, 0.1) is 0 Å². The quantitative estimate of drug-likeness (QED) is 0.664. The van der Waals surface area contributed by atoms with Crippen LogP contribution in [0.5, 0.6) is 0 Å². The van der Waals surface area contributed by atoms with E-state index in [9.17, 15) is 4.79 Å². The lowest BCUT2D eigenvalue weighted by Gasteiger charge is -2.33. The smallest absolute Gasteiger partial charge is 0.235 e. The standard InChI is InChI=1S/C11H18ClNOS/c12-9-4-3-6-13(8-9)11(14)10-5-1-2-7-15-10/h9-10H,1-8H2. The molecular weight excluding hydrogens is 230 g/mol. The molecule has 2 aliphatic rings. The maximum atomic E-state index is 12.1. The topological polar surface area (TPSA) is 20.3 Å². The van der Waals surface area contributed by atoms with E-state index in [2.05, 4.69) is 0 Å². The fourth-order valence-corrected chi connectivity index (χ4v) is 3.87. The Bertz CT molecular complexity index is 231. The normalized spacial score (nSPS) is 32.7. The Hall–Kier alpha value is 0.110. The maximum Gasteiger partial charge on any atom is 0.235 e. The van der Waals surface area contributed by atoms with Gasteiger partial charge < -0.3 is 4.90 Å². The second kappa shape index (κ2) is 5.44. The molecule has 2 unspecified atom stereocenters. The molecule has 0 spiro atoms. The van der Waals surface area contributed by atoms with Gasteiger partial charge in [0.1, 0.15) is 0 Å². The van der Waals surface area contributed by atoms with E-state index in [-0.39, 0.29) is 10.6 Å². The molecule has 0 bridgehead atoms. The largest absolute Gasteiger partial charge is 0.340 e. The van der Waals surface area contributed by atoms with Gasteiger partial charge in [-0.2, -0.15) is 0 Å². The van der Waals surface area contributed by atoms with Crippen molar-refractivity contribution in [3.05, 3.63) is 0 Å². The first-order valence-electron chi connectivity index (χ1n) is 5.82. The summed E-state index contributed by atoms with van der Waals surface area (Å²) in [6.07, 6.45) is 5.67. The predicted octanol–water partition coefficient (Wildman–Crippen LogP) is 2.50. The van der Waals surface area contributed by atoms with E-state index >= 15 is 0 Å². The number of piperidine rings is 1. The van der Waals surface area contributed by atoms with Crippen LogP contribution in [0.25, 0.3) is 0 Å². The number of rotatable bonds is 1. The minimum atomic E-state index is 0.177. The Morgan fingerprint density at radius 2 is 2.13 bits per heavy atom. The number of alkyl halides is 1. The van der Waals surface area contributed by atoms with Gasteiger partial charge in [-0.1, -0.05) is 6.42 Å². The lowest BCUT2D eigenvalue weighted by Crippen LogP contribution is -2.45. The van der Waals surface area contributed by atoms with Gasteiger partial charge in [0.25, 0.3) is 0 Å². The molecule has 2 nitrogen and oxygen atoms in total. The third-order valence-electron chi connectivity index (χ3n) is 3.13. The highest BCUT2D eigenvalue weighted by Crippen LogP contribution is 2.28. The summed E-state index contributed by atoms with van der Waals surface area (Å²) in [5.74, 6) is 1.49. The zero-order valence-corrected chi connectivity index (χ0v) is 10.5. The minimum Gasteiger partial charge on any atom is -0.340 e. The molecule has 2 aliphatic heterocycles. The molecule has 86 valence electrons. The Kier molecular flexibility index (Phi) is 4.21. The van der Waals surface area contributed by atoms with Crippen LogP contribution in [0.15, 0.2) is 0 Å². The van der Waals surface area contributed by atoms with E-state index in [1.807, 2.05) is 16.7 Å². The number of hydrogen-bond donors (Lipinski definition) is 0. The summed E-state index contributed by atoms with van der Waals surface area (Å²) in [6, 6.07) is 0. The van der Waals surface area contributed by atoms with Crippen LogP contribution >= 0.6 is 23.4 Å². The SMILES string of the molecule is O=C(C1CCCCS1)N1CCCC(Cl)C1. The highest BCUT2D eigenvalue weighted by molar-refractivity contribution is 8.00. The van der Waals surface area contributed by atoms with Gasteiger partial charge in [0.2, 0.25) is 5.91 Å². The molecule has 2 rings (SSSR count). The molecule has 2 heterocycles. The molecule has 15 heavy (non-hydrogen) atoms. The van der Waals surface area contributed by atoms with Crippen molar-refractivity contribution in [1.82, 2.24) is 4.90 Å². The van der Waals surface area contributed by atoms with Gasteiger partial charge in [-0.3, -0.25) is 4.79 Å². The molecule has 0 aliphatic carbocycles. The summed E-state index contributed by atoms with van der Waals surface area (Å²) in [7, 11) is 0. The second-order valence-corrected chi connectivity index (χ2v) is 6.31. The Morgan fingerprint density at radius 3 is 2.80 bits per heavy atom. The van der Waals surface area contributed by atoms with E-state index < -0.39 is 0 Å². The highest BCUT2D eigenvalue weighted by Gasteiger charge is 2.29. The number of amides is 1. The van der Waals surface area contributed by atoms with Crippen LogP contribution in [0.2, 0.25) is 0 Å². The number of nitrogens with zero attached hydrogens (tertiary/aromatic N) is 1. The molecule has 4 heteroatoms. The van der Waals surface area contributed by atoms with E-state index in [0.29, 0.717) is 5.91 Å². The Morgan fingerprint density at radius 1 is 1.27 bits per heavy atom. The van der Waals surface area contributed by atoms with Gasteiger partial charge in [-0.15, -0.1) is 23.4 Å². The number of halogens is 1. The van der Waals surface area contributed by atoms with Crippen molar-refractivity contribution in [3.8, 4) is 0 Å². The zero-order valence-electron chi connectivity index (χ0n) is 8.95. The number of carbonyl (C=O) groups is 1. The molecule has 2 saturated heterocycles. The molecule has 2 atom stereocenters. The van der Waals surface area contributed by atoms with Crippen LogP contribution in [0.3, 0.4) is 0 Å². The predicted molar refractivity (Wildman–Crippen MR) is 65.6 cm³/mol. The molecule has 0 saturated carbocycles. The van der Waals surface area contributed by atoms with Gasteiger partial charge in [-0.05, 0) is 31.4 Å². The van der Waals surface area contributed by atoms with Gasteiger partial charge in [-0.25, -0.2) is 0 Å². The zero-order chi connectivity index (χ0) is 10.7. The van der Waals surface area contributed by atoms with Crippen molar-refractivity contribution >= 4 is 29.3 Å². The third kappa shape index (κ3) is 3.04. The van der Waals surface area contributed by atoms with E-state index in [0.717, 1.165) is 38.1 Å². The van der Waals surface area contributed by atoms with Crippen LogP contribution in [-0.2, 0) is 4.79 Å². The average molecular weight is 248 g/mol. The summed E-state index contributed by atoms with van der Waals surface area (Å²) < 4.78 is 0. The van der Waals surface area contributed by atoms with Crippen molar-refractivity contribution < 1.29 is 4.79 Å². The number of carbonyl (C=O) groups excluding carboxylic acids is 1. The average Bonchev–Trinajstić information content (AvgIpc) is 2.29. The molecular formula is C11H18ClNOS. The van der Waals surface area contributed by atoms with Gasteiger partial charge in [0.05, 0.1) is 10.6 Å². The molecule has 0 radical (unpaired) electrons. The fourth-order valence-electron chi connectivity index (χ4n) is 2.26. The molecule has 1 amide bonds.